The lowest BCUT2D eigenvalue weighted by molar-refractivity contribution is -0.128. The molecule has 0 bridgehead atoms. The summed E-state index contributed by atoms with van der Waals surface area (Å²) in [6, 6.07) is 11.3. The van der Waals surface area contributed by atoms with Gasteiger partial charge in [0, 0.05) is 13.1 Å². The molecule has 1 aliphatic rings. The molecule has 23 heavy (non-hydrogen) atoms. The van der Waals surface area contributed by atoms with Crippen LogP contribution in [0.2, 0.25) is 0 Å². The van der Waals surface area contributed by atoms with Crippen molar-refractivity contribution in [2.45, 2.75) is 6.04 Å². The number of carbonyl (C=O) groups is 3. The van der Waals surface area contributed by atoms with Crippen molar-refractivity contribution in [2.75, 3.05) is 13.1 Å². The lowest BCUT2D eigenvalue weighted by Gasteiger charge is -2.35. The minimum absolute atomic E-state index is 0.103. The number of thiophene rings is 1. The second kappa shape index (κ2) is 6.21. The zero-order valence-electron chi connectivity index (χ0n) is 12.1. The largest absolute Gasteiger partial charge is 0.477 e. The fourth-order valence-corrected chi connectivity index (χ4v) is 3.36. The average molecular weight is 330 g/mol. The summed E-state index contributed by atoms with van der Waals surface area (Å²) in [6.45, 7) is 0.759. The van der Waals surface area contributed by atoms with Gasteiger partial charge in [-0.1, -0.05) is 30.3 Å². The first-order valence-electron chi connectivity index (χ1n) is 7.04. The molecule has 0 radical (unpaired) electrons. The van der Waals surface area contributed by atoms with E-state index in [2.05, 4.69) is 5.32 Å². The highest BCUT2D eigenvalue weighted by Crippen LogP contribution is 2.27. The van der Waals surface area contributed by atoms with Crippen molar-refractivity contribution in [1.29, 1.82) is 0 Å². The number of carboxylic acids is 1. The topological polar surface area (TPSA) is 86.7 Å². The molecule has 1 fully saturated rings. The number of piperazine rings is 1. The number of carboxylic acid groups (broad SMARTS) is 1. The van der Waals surface area contributed by atoms with Gasteiger partial charge in [-0.2, -0.15) is 0 Å². The van der Waals surface area contributed by atoms with Crippen molar-refractivity contribution < 1.29 is 19.5 Å². The zero-order chi connectivity index (χ0) is 16.4. The Morgan fingerprint density at radius 1 is 1.13 bits per heavy atom. The quantitative estimate of drug-likeness (QED) is 0.898. The van der Waals surface area contributed by atoms with Crippen molar-refractivity contribution in [1.82, 2.24) is 10.2 Å². The van der Waals surface area contributed by atoms with Gasteiger partial charge in [0.25, 0.3) is 5.91 Å². The van der Waals surface area contributed by atoms with Crippen LogP contribution in [0.1, 0.15) is 30.9 Å². The molecule has 0 spiro atoms. The van der Waals surface area contributed by atoms with Crippen LogP contribution in [-0.2, 0) is 4.79 Å². The Kier molecular flexibility index (Phi) is 4.12. The molecule has 0 unspecified atom stereocenters. The second-order valence-corrected chi connectivity index (χ2v) is 6.16. The molecule has 1 atom stereocenters. The summed E-state index contributed by atoms with van der Waals surface area (Å²) >= 11 is 0.919. The first-order valence-corrected chi connectivity index (χ1v) is 7.86. The molecule has 1 aromatic heterocycles. The van der Waals surface area contributed by atoms with Gasteiger partial charge in [-0.15, -0.1) is 11.3 Å². The molecule has 7 heteroatoms. The van der Waals surface area contributed by atoms with E-state index < -0.39 is 12.0 Å². The highest BCUT2D eigenvalue weighted by molar-refractivity contribution is 7.15. The Bertz CT molecular complexity index is 756. The van der Waals surface area contributed by atoms with Gasteiger partial charge in [-0.05, 0) is 17.7 Å². The predicted molar refractivity (Wildman–Crippen MR) is 84.5 cm³/mol. The number of carbonyl (C=O) groups excluding carboxylic acids is 2. The molecule has 2 amide bonds. The van der Waals surface area contributed by atoms with Crippen LogP contribution in [0, 0.1) is 0 Å². The molecular formula is C16H14N2O4S. The van der Waals surface area contributed by atoms with Crippen molar-refractivity contribution >= 4 is 29.1 Å². The molecule has 0 aliphatic carbocycles. The Morgan fingerprint density at radius 2 is 1.83 bits per heavy atom. The smallest absolute Gasteiger partial charge is 0.345 e. The van der Waals surface area contributed by atoms with Gasteiger partial charge < -0.3 is 15.3 Å². The van der Waals surface area contributed by atoms with Crippen molar-refractivity contribution in [3.8, 4) is 0 Å². The molecule has 2 heterocycles. The highest BCUT2D eigenvalue weighted by Gasteiger charge is 2.35. The number of hydrogen-bond donors (Lipinski definition) is 2. The SMILES string of the molecule is O=C(O)c1ccc(C(=O)N2CCNC(=O)[C@H]2c2ccccc2)s1. The monoisotopic (exact) mass is 330 g/mol. The third kappa shape index (κ3) is 2.95. The second-order valence-electron chi connectivity index (χ2n) is 5.07. The van der Waals surface area contributed by atoms with Gasteiger partial charge in [-0.3, -0.25) is 9.59 Å². The molecule has 1 aliphatic heterocycles. The van der Waals surface area contributed by atoms with E-state index in [1.165, 1.54) is 17.0 Å². The number of hydrogen-bond acceptors (Lipinski definition) is 4. The molecule has 3 rings (SSSR count). The van der Waals surface area contributed by atoms with Crippen LogP contribution in [0.25, 0.3) is 0 Å². The van der Waals surface area contributed by atoms with E-state index >= 15 is 0 Å². The average Bonchev–Trinajstić information content (AvgIpc) is 3.05. The summed E-state index contributed by atoms with van der Waals surface area (Å²) in [4.78, 5) is 37.9. The summed E-state index contributed by atoms with van der Waals surface area (Å²) in [5.74, 6) is -1.62. The van der Waals surface area contributed by atoms with E-state index in [4.69, 9.17) is 5.11 Å². The lowest BCUT2D eigenvalue weighted by atomic mass is 10.0. The maximum atomic E-state index is 12.7. The van der Waals surface area contributed by atoms with Crippen LogP contribution < -0.4 is 5.32 Å². The zero-order valence-corrected chi connectivity index (χ0v) is 12.9. The van der Waals surface area contributed by atoms with Gasteiger partial charge in [0.2, 0.25) is 5.91 Å². The van der Waals surface area contributed by atoms with Crippen LogP contribution in [0.3, 0.4) is 0 Å². The normalized spacial score (nSPS) is 17.7. The number of rotatable bonds is 3. The summed E-state index contributed by atoms with van der Waals surface area (Å²) in [5, 5.41) is 11.8. The number of nitrogens with zero attached hydrogens (tertiary/aromatic N) is 1. The van der Waals surface area contributed by atoms with E-state index in [-0.39, 0.29) is 16.7 Å². The van der Waals surface area contributed by atoms with E-state index in [0.717, 1.165) is 16.9 Å². The molecule has 118 valence electrons. The third-order valence-corrected chi connectivity index (χ3v) is 4.68. The highest BCUT2D eigenvalue weighted by atomic mass is 32.1. The molecule has 0 saturated carbocycles. The fraction of sp³-hybridized carbons (Fsp3) is 0.188. The third-order valence-electron chi connectivity index (χ3n) is 3.62. The van der Waals surface area contributed by atoms with Crippen molar-refractivity contribution in [3.63, 3.8) is 0 Å². The molecule has 1 aromatic carbocycles. The van der Waals surface area contributed by atoms with Gasteiger partial charge >= 0.3 is 5.97 Å². The number of nitrogens with one attached hydrogen (secondary N) is 1. The van der Waals surface area contributed by atoms with Crippen LogP contribution >= 0.6 is 11.3 Å². The summed E-state index contributed by atoms with van der Waals surface area (Å²) < 4.78 is 0. The predicted octanol–water partition coefficient (Wildman–Crippen LogP) is 1.76. The standard InChI is InChI=1S/C16H14N2O4S/c19-14-13(10-4-2-1-3-5-10)18(9-8-17-14)15(20)11-6-7-12(23-11)16(21)22/h1-7,13H,8-9H2,(H,17,19)(H,21,22)/t13-/m1/s1. The van der Waals surface area contributed by atoms with Crippen molar-refractivity contribution in [2.24, 2.45) is 0 Å². The van der Waals surface area contributed by atoms with E-state index in [1.807, 2.05) is 18.2 Å². The molecule has 2 N–H and O–H groups in total. The molecule has 2 aromatic rings. The van der Waals surface area contributed by atoms with Crippen LogP contribution in [-0.4, -0.2) is 40.9 Å². The van der Waals surface area contributed by atoms with Crippen molar-refractivity contribution in [3.05, 3.63) is 57.8 Å². The molecular weight excluding hydrogens is 316 g/mol. The van der Waals surface area contributed by atoms with E-state index in [0.29, 0.717) is 18.0 Å². The van der Waals surface area contributed by atoms with Crippen LogP contribution in [0.4, 0.5) is 0 Å². The van der Waals surface area contributed by atoms with E-state index in [1.54, 1.807) is 12.1 Å². The van der Waals surface area contributed by atoms with Gasteiger partial charge in [0.05, 0.1) is 4.88 Å². The Balaban J connectivity index is 1.93. The Morgan fingerprint density at radius 3 is 2.48 bits per heavy atom. The lowest BCUT2D eigenvalue weighted by Crippen LogP contribution is -2.52. The summed E-state index contributed by atoms with van der Waals surface area (Å²) in [7, 11) is 0. The minimum Gasteiger partial charge on any atom is -0.477 e. The maximum Gasteiger partial charge on any atom is 0.345 e. The summed E-state index contributed by atoms with van der Waals surface area (Å²) in [5.41, 5.74) is 0.730. The first-order chi connectivity index (χ1) is 11.1. The fourth-order valence-electron chi connectivity index (χ4n) is 2.56. The number of amides is 2. The van der Waals surface area contributed by atoms with Gasteiger partial charge in [-0.25, -0.2) is 4.79 Å². The van der Waals surface area contributed by atoms with Crippen LogP contribution in [0.5, 0.6) is 0 Å². The maximum absolute atomic E-state index is 12.7. The summed E-state index contributed by atoms with van der Waals surface area (Å²) in [6.07, 6.45) is 0. The molecule has 6 nitrogen and oxygen atoms in total. The van der Waals surface area contributed by atoms with E-state index in [9.17, 15) is 14.4 Å². The first kappa shape index (κ1) is 15.2. The Hall–Kier alpha value is -2.67. The molecule has 1 saturated heterocycles. The van der Waals surface area contributed by atoms with Gasteiger partial charge in [0.15, 0.2) is 0 Å². The van der Waals surface area contributed by atoms with Gasteiger partial charge in [0.1, 0.15) is 10.9 Å². The number of benzene rings is 1. The van der Waals surface area contributed by atoms with Crippen LogP contribution in [0.15, 0.2) is 42.5 Å². The number of aromatic carboxylic acids is 1. The Labute approximate surface area is 136 Å². The minimum atomic E-state index is -1.06.